The highest BCUT2D eigenvalue weighted by atomic mass is 15.1. The van der Waals surface area contributed by atoms with Gasteiger partial charge in [0.1, 0.15) is 0 Å². The molecule has 0 aromatic carbocycles. The van der Waals surface area contributed by atoms with E-state index in [0.29, 0.717) is 0 Å². The molecule has 1 saturated heterocycles. The molecule has 0 aliphatic carbocycles. The van der Waals surface area contributed by atoms with Crippen molar-refractivity contribution in [1.82, 2.24) is 10.2 Å². The molecular formula is C11H24N2. The summed E-state index contributed by atoms with van der Waals surface area (Å²) in [6.07, 6.45) is 5.53. The Kier molecular flexibility index (Phi) is 5.40. The van der Waals surface area contributed by atoms with Gasteiger partial charge in [0.25, 0.3) is 0 Å². The SMILES string of the molecule is CCC1CCCN(CCCNC)C1. The molecule has 0 saturated carbocycles. The van der Waals surface area contributed by atoms with E-state index in [-0.39, 0.29) is 0 Å². The lowest BCUT2D eigenvalue weighted by Gasteiger charge is -2.32. The summed E-state index contributed by atoms with van der Waals surface area (Å²) in [6.45, 7) is 7.45. The summed E-state index contributed by atoms with van der Waals surface area (Å²) in [5.41, 5.74) is 0. The number of nitrogens with one attached hydrogen (secondary N) is 1. The van der Waals surface area contributed by atoms with E-state index in [2.05, 4.69) is 17.1 Å². The minimum Gasteiger partial charge on any atom is -0.320 e. The number of hydrogen-bond acceptors (Lipinski definition) is 2. The summed E-state index contributed by atoms with van der Waals surface area (Å²) in [4.78, 5) is 2.63. The van der Waals surface area contributed by atoms with Gasteiger partial charge in [-0.05, 0) is 51.9 Å². The molecule has 0 spiro atoms. The van der Waals surface area contributed by atoms with Gasteiger partial charge >= 0.3 is 0 Å². The van der Waals surface area contributed by atoms with Crippen molar-refractivity contribution in [2.75, 3.05) is 33.2 Å². The zero-order valence-corrected chi connectivity index (χ0v) is 9.18. The van der Waals surface area contributed by atoms with E-state index < -0.39 is 0 Å². The van der Waals surface area contributed by atoms with Crippen LogP contribution >= 0.6 is 0 Å². The van der Waals surface area contributed by atoms with Crippen LogP contribution < -0.4 is 5.32 Å². The lowest BCUT2D eigenvalue weighted by molar-refractivity contribution is 0.170. The summed E-state index contributed by atoms with van der Waals surface area (Å²) in [6, 6.07) is 0. The van der Waals surface area contributed by atoms with Gasteiger partial charge in [-0.3, -0.25) is 0 Å². The monoisotopic (exact) mass is 184 g/mol. The molecule has 1 aliphatic heterocycles. The topological polar surface area (TPSA) is 15.3 Å². The summed E-state index contributed by atoms with van der Waals surface area (Å²) in [5, 5.41) is 3.21. The van der Waals surface area contributed by atoms with Crippen molar-refractivity contribution >= 4 is 0 Å². The lowest BCUT2D eigenvalue weighted by Crippen LogP contribution is -2.36. The highest BCUT2D eigenvalue weighted by Gasteiger charge is 2.17. The highest BCUT2D eigenvalue weighted by Crippen LogP contribution is 2.18. The maximum atomic E-state index is 3.21. The average Bonchev–Trinajstić information content (AvgIpc) is 2.19. The van der Waals surface area contributed by atoms with Crippen LogP contribution in [0.15, 0.2) is 0 Å². The first-order valence-corrected chi connectivity index (χ1v) is 5.73. The third-order valence-corrected chi connectivity index (χ3v) is 3.08. The van der Waals surface area contributed by atoms with Gasteiger partial charge in [0, 0.05) is 6.54 Å². The first-order valence-electron chi connectivity index (χ1n) is 5.73. The van der Waals surface area contributed by atoms with Crippen molar-refractivity contribution in [3.63, 3.8) is 0 Å². The number of hydrogen-bond donors (Lipinski definition) is 1. The van der Waals surface area contributed by atoms with E-state index >= 15 is 0 Å². The lowest BCUT2D eigenvalue weighted by atomic mass is 9.95. The fourth-order valence-corrected chi connectivity index (χ4v) is 2.17. The molecule has 1 N–H and O–H groups in total. The largest absolute Gasteiger partial charge is 0.320 e. The van der Waals surface area contributed by atoms with Crippen LogP contribution in [0.5, 0.6) is 0 Å². The van der Waals surface area contributed by atoms with E-state index in [0.717, 1.165) is 12.5 Å². The molecule has 1 atom stereocenters. The molecule has 1 unspecified atom stereocenters. The normalized spacial score (nSPS) is 24.9. The zero-order chi connectivity index (χ0) is 9.52. The van der Waals surface area contributed by atoms with Crippen molar-refractivity contribution < 1.29 is 0 Å². The summed E-state index contributed by atoms with van der Waals surface area (Å²) >= 11 is 0. The maximum Gasteiger partial charge on any atom is 0.000957 e. The second-order valence-corrected chi connectivity index (χ2v) is 4.17. The molecule has 1 fully saturated rings. The van der Waals surface area contributed by atoms with Gasteiger partial charge < -0.3 is 10.2 Å². The van der Waals surface area contributed by atoms with E-state index in [1.165, 1.54) is 45.3 Å². The molecule has 78 valence electrons. The zero-order valence-electron chi connectivity index (χ0n) is 9.18. The molecular weight excluding hydrogens is 160 g/mol. The van der Waals surface area contributed by atoms with Crippen LogP contribution in [0.2, 0.25) is 0 Å². The molecule has 0 aromatic rings. The number of likely N-dealkylation sites (tertiary alicyclic amines) is 1. The van der Waals surface area contributed by atoms with Crippen LogP contribution in [-0.4, -0.2) is 38.1 Å². The average molecular weight is 184 g/mol. The first-order chi connectivity index (χ1) is 6.36. The molecule has 1 rings (SSSR count). The Morgan fingerprint density at radius 3 is 3.00 bits per heavy atom. The van der Waals surface area contributed by atoms with Gasteiger partial charge in [-0.25, -0.2) is 0 Å². The second kappa shape index (κ2) is 6.39. The molecule has 2 heteroatoms. The predicted molar refractivity (Wildman–Crippen MR) is 58.0 cm³/mol. The quantitative estimate of drug-likeness (QED) is 0.654. The first kappa shape index (κ1) is 11.0. The fourth-order valence-electron chi connectivity index (χ4n) is 2.17. The van der Waals surface area contributed by atoms with E-state index in [4.69, 9.17) is 0 Å². The number of piperidine rings is 1. The van der Waals surface area contributed by atoms with Gasteiger partial charge in [0.05, 0.1) is 0 Å². The molecule has 0 amide bonds. The van der Waals surface area contributed by atoms with Gasteiger partial charge in [-0.1, -0.05) is 13.3 Å². The summed E-state index contributed by atoms with van der Waals surface area (Å²) in [7, 11) is 2.03. The smallest absolute Gasteiger partial charge is 0.000957 e. The Bertz CT molecular complexity index is 125. The van der Waals surface area contributed by atoms with Gasteiger partial charge in [-0.15, -0.1) is 0 Å². The Morgan fingerprint density at radius 2 is 2.31 bits per heavy atom. The summed E-state index contributed by atoms with van der Waals surface area (Å²) in [5.74, 6) is 0.975. The number of rotatable bonds is 5. The third-order valence-electron chi connectivity index (χ3n) is 3.08. The molecule has 13 heavy (non-hydrogen) atoms. The molecule has 1 heterocycles. The van der Waals surface area contributed by atoms with E-state index in [9.17, 15) is 0 Å². The molecule has 0 aromatic heterocycles. The van der Waals surface area contributed by atoms with Crippen LogP contribution in [0.3, 0.4) is 0 Å². The van der Waals surface area contributed by atoms with E-state index in [1.54, 1.807) is 0 Å². The third kappa shape index (κ3) is 4.10. The van der Waals surface area contributed by atoms with Crippen LogP contribution in [0.25, 0.3) is 0 Å². The van der Waals surface area contributed by atoms with Crippen LogP contribution in [0.1, 0.15) is 32.6 Å². The summed E-state index contributed by atoms with van der Waals surface area (Å²) < 4.78 is 0. The van der Waals surface area contributed by atoms with Crippen molar-refractivity contribution in [2.45, 2.75) is 32.6 Å². The maximum absolute atomic E-state index is 3.21. The molecule has 2 nitrogen and oxygen atoms in total. The van der Waals surface area contributed by atoms with Gasteiger partial charge in [0.15, 0.2) is 0 Å². The minimum atomic E-state index is 0.975. The minimum absolute atomic E-state index is 0.975. The Hall–Kier alpha value is -0.0800. The van der Waals surface area contributed by atoms with Crippen LogP contribution in [0, 0.1) is 5.92 Å². The second-order valence-electron chi connectivity index (χ2n) is 4.17. The van der Waals surface area contributed by atoms with Crippen molar-refractivity contribution in [3.05, 3.63) is 0 Å². The van der Waals surface area contributed by atoms with Crippen LogP contribution in [0.4, 0.5) is 0 Å². The van der Waals surface area contributed by atoms with Crippen molar-refractivity contribution in [2.24, 2.45) is 5.92 Å². The highest BCUT2D eigenvalue weighted by molar-refractivity contribution is 4.71. The van der Waals surface area contributed by atoms with Crippen LogP contribution in [-0.2, 0) is 0 Å². The van der Waals surface area contributed by atoms with E-state index in [1.807, 2.05) is 7.05 Å². The Balaban J connectivity index is 2.11. The van der Waals surface area contributed by atoms with Gasteiger partial charge in [-0.2, -0.15) is 0 Å². The molecule has 0 radical (unpaired) electrons. The predicted octanol–water partition coefficient (Wildman–Crippen LogP) is 1.72. The number of nitrogens with zero attached hydrogens (tertiary/aromatic N) is 1. The Morgan fingerprint density at radius 1 is 1.46 bits per heavy atom. The standard InChI is InChI=1S/C11H24N2/c1-3-11-6-4-8-13(10-11)9-5-7-12-2/h11-12H,3-10H2,1-2H3. The molecule has 0 bridgehead atoms. The van der Waals surface area contributed by atoms with Gasteiger partial charge in [0.2, 0.25) is 0 Å². The molecule has 1 aliphatic rings. The van der Waals surface area contributed by atoms with Crippen molar-refractivity contribution in [3.8, 4) is 0 Å². The van der Waals surface area contributed by atoms with Crippen molar-refractivity contribution in [1.29, 1.82) is 0 Å². The Labute approximate surface area is 82.7 Å². The fraction of sp³-hybridized carbons (Fsp3) is 1.00.